The molecule has 0 rings (SSSR count). The number of esters is 1. The van der Waals surface area contributed by atoms with Gasteiger partial charge in [-0.25, -0.2) is 0 Å². The normalized spacial score (nSPS) is 13.7. The van der Waals surface area contributed by atoms with E-state index in [9.17, 15) is 15.0 Å². The fourth-order valence-electron chi connectivity index (χ4n) is 6.88. The summed E-state index contributed by atoms with van der Waals surface area (Å²) in [5.74, 6) is 0.514. The summed E-state index contributed by atoms with van der Waals surface area (Å²) in [6.07, 6.45) is 29.0. The van der Waals surface area contributed by atoms with Crippen molar-refractivity contribution in [1.82, 2.24) is 9.80 Å². The minimum absolute atomic E-state index is 0.000587. The second-order valence-corrected chi connectivity index (χ2v) is 15.0. The summed E-state index contributed by atoms with van der Waals surface area (Å²) < 4.78 is 17.5. The molecule has 0 aromatic rings. The monoisotopic (exact) mass is 729 g/mol. The Hall–Kier alpha value is -0.770. The van der Waals surface area contributed by atoms with Crippen LogP contribution in [0, 0.1) is 5.92 Å². The zero-order chi connectivity index (χ0) is 37.6. The Morgan fingerprint density at radius 1 is 0.569 bits per heavy atom. The highest BCUT2D eigenvalue weighted by molar-refractivity contribution is 5.69. The molecular weight excluding hydrogens is 640 g/mol. The molecule has 0 heterocycles. The maximum atomic E-state index is 12.5. The first kappa shape index (κ1) is 50.2. The molecule has 0 spiro atoms. The first-order chi connectivity index (χ1) is 24.9. The van der Waals surface area contributed by atoms with Gasteiger partial charge in [-0.3, -0.25) is 9.69 Å². The Morgan fingerprint density at radius 2 is 1.04 bits per heavy atom. The number of carbonyl (C=O) groups excluding carboxylic acids is 1. The van der Waals surface area contributed by atoms with Crippen molar-refractivity contribution in [3.8, 4) is 0 Å². The van der Waals surface area contributed by atoms with Gasteiger partial charge < -0.3 is 29.3 Å². The van der Waals surface area contributed by atoms with Gasteiger partial charge in [0.1, 0.15) is 0 Å². The summed E-state index contributed by atoms with van der Waals surface area (Å²) >= 11 is 0. The number of hydrogen-bond acceptors (Lipinski definition) is 8. The minimum atomic E-state index is -1.22. The lowest BCUT2D eigenvalue weighted by Crippen LogP contribution is -2.39. The van der Waals surface area contributed by atoms with Crippen molar-refractivity contribution < 1.29 is 29.2 Å². The molecule has 0 fully saturated rings. The second-order valence-electron chi connectivity index (χ2n) is 15.0. The second kappa shape index (κ2) is 38.9. The molecule has 8 nitrogen and oxygen atoms in total. The van der Waals surface area contributed by atoms with Gasteiger partial charge in [0.05, 0.1) is 25.9 Å². The SMILES string of the molecule is CCCCCCCCC(CCCCCC)COC(=O)CCCCCCCCC(CCCCCC)OC(O)OCCN(CCO)CCN(CC)CC. The molecule has 2 N–H and O–H groups in total. The molecule has 0 aromatic heterocycles. The fraction of sp³-hybridized carbons (Fsp3) is 0.977. The maximum Gasteiger partial charge on any atom is 0.305 e. The highest BCUT2D eigenvalue weighted by Crippen LogP contribution is 2.21. The molecule has 3 unspecified atom stereocenters. The Bertz CT molecular complexity index is 710. The quantitative estimate of drug-likeness (QED) is 0.0365. The highest BCUT2D eigenvalue weighted by Gasteiger charge is 2.16. The van der Waals surface area contributed by atoms with Crippen molar-refractivity contribution in [3.63, 3.8) is 0 Å². The van der Waals surface area contributed by atoms with Crippen LogP contribution in [0.25, 0.3) is 0 Å². The van der Waals surface area contributed by atoms with Crippen molar-refractivity contribution in [3.05, 3.63) is 0 Å². The average molecular weight is 729 g/mol. The van der Waals surface area contributed by atoms with E-state index >= 15 is 0 Å². The molecule has 306 valence electrons. The molecule has 0 radical (unpaired) electrons. The number of hydrogen-bond donors (Lipinski definition) is 2. The van der Waals surface area contributed by atoms with E-state index in [4.69, 9.17) is 14.2 Å². The van der Waals surface area contributed by atoms with E-state index in [0.29, 0.717) is 38.6 Å². The summed E-state index contributed by atoms with van der Waals surface area (Å²) in [6.45, 7) is 16.1. The number of likely N-dealkylation sites (N-methyl/N-ethyl adjacent to an activating group) is 1. The standard InChI is InChI=1S/C43H88N2O6/c1-6-11-14-17-20-24-29-40(28-23-15-12-7-2)39-50-42(47)32-27-22-19-18-21-26-31-41(30-25-16-13-8-3)51-43(48)49-38-36-45(35-37-46)34-33-44(9-4)10-5/h40-41,43,46,48H,6-39H2,1-5H3. The number of unbranched alkanes of at least 4 members (excludes halogenated alkanes) is 16. The molecule has 8 heteroatoms. The van der Waals surface area contributed by atoms with Gasteiger partial charge in [0.15, 0.2) is 0 Å². The van der Waals surface area contributed by atoms with E-state index in [0.717, 1.165) is 84.0 Å². The molecule has 0 aliphatic carbocycles. The summed E-state index contributed by atoms with van der Waals surface area (Å²) in [4.78, 5) is 17.1. The van der Waals surface area contributed by atoms with Crippen LogP contribution in [0.4, 0.5) is 0 Å². The van der Waals surface area contributed by atoms with E-state index in [1.807, 2.05) is 0 Å². The number of rotatable bonds is 41. The fourth-order valence-corrected chi connectivity index (χ4v) is 6.88. The Labute approximate surface area is 317 Å². The summed E-state index contributed by atoms with van der Waals surface area (Å²) in [7, 11) is 0. The predicted molar refractivity (Wildman–Crippen MR) is 215 cm³/mol. The largest absolute Gasteiger partial charge is 0.465 e. The van der Waals surface area contributed by atoms with Gasteiger partial charge in [-0.2, -0.15) is 0 Å². The topological polar surface area (TPSA) is 91.7 Å². The Balaban J connectivity index is 4.35. The van der Waals surface area contributed by atoms with Gasteiger partial charge in [0.25, 0.3) is 6.48 Å². The first-order valence-corrected chi connectivity index (χ1v) is 22.1. The lowest BCUT2D eigenvalue weighted by atomic mass is 9.95. The predicted octanol–water partition coefficient (Wildman–Crippen LogP) is 10.3. The molecule has 0 aliphatic heterocycles. The van der Waals surface area contributed by atoms with Crippen LogP contribution in [-0.2, 0) is 19.0 Å². The molecule has 0 aliphatic rings. The molecule has 0 saturated heterocycles. The van der Waals surface area contributed by atoms with Crippen LogP contribution in [0.1, 0.15) is 195 Å². The van der Waals surface area contributed by atoms with Crippen molar-refractivity contribution in [2.75, 3.05) is 59.1 Å². The van der Waals surface area contributed by atoms with Crippen LogP contribution in [0.2, 0.25) is 0 Å². The molecule has 51 heavy (non-hydrogen) atoms. The van der Waals surface area contributed by atoms with Gasteiger partial charge in [0.2, 0.25) is 0 Å². The lowest BCUT2D eigenvalue weighted by molar-refractivity contribution is -0.284. The van der Waals surface area contributed by atoms with Crippen molar-refractivity contribution >= 4 is 5.97 Å². The Morgan fingerprint density at radius 3 is 1.57 bits per heavy atom. The molecule has 3 atom stereocenters. The summed E-state index contributed by atoms with van der Waals surface area (Å²) in [6, 6.07) is 0. The van der Waals surface area contributed by atoms with Crippen LogP contribution >= 0.6 is 0 Å². The number of carbonyl (C=O) groups is 1. The third-order valence-corrected chi connectivity index (χ3v) is 10.5. The zero-order valence-electron chi connectivity index (χ0n) is 34.7. The van der Waals surface area contributed by atoms with Crippen molar-refractivity contribution in [2.24, 2.45) is 5.92 Å². The van der Waals surface area contributed by atoms with E-state index in [1.54, 1.807) is 0 Å². The lowest BCUT2D eigenvalue weighted by Gasteiger charge is -2.26. The van der Waals surface area contributed by atoms with E-state index in [-0.39, 0.29) is 18.7 Å². The van der Waals surface area contributed by atoms with E-state index < -0.39 is 6.48 Å². The van der Waals surface area contributed by atoms with Crippen molar-refractivity contribution in [2.45, 2.75) is 208 Å². The highest BCUT2D eigenvalue weighted by atomic mass is 16.8. The van der Waals surface area contributed by atoms with Crippen molar-refractivity contribution in [1.29, 1.82) is 0 Å². The molecule has 0 amide bonds. The number of ether oxygens (including phenoxy) is 3. The first-order valence-electron chi connectivity index (χ1n) is 22.1. The summed E-state index contributed by atoms with van der Waals surface area (Å²) in [5, 5.41) is 20.0. The summed E-state index contributed by atoms with van der Waals surface area (Å²) in [5.41, 5.74) is 0. The molecule has 0 bridgehead atoms. The minimum Gasteiger partial charge on any atom is -0.465 e. The maximum absolute atomic E-state index is 12.5. The smallest absolute Gasteiger partial charge is 0.305 e. The number of aliphatic hydroxyl groups excluding tert-OH is 2. The average Bonchev–Trinajstić information content (AvgIpc) is 3.13. The van der Waals surface area contributed by atoms with Gasteiger partial charge in [-0.15, -0.1) is 0 Å². The van der Waals surface area contributed by atoms with E-state index in [2.05, 4.69) is 44.4 Å². The van der Waals surface area contributed by atoms with Crippen LogP contribution in [-0.4, -0.2) is 97.7 Å². The number of aliphatic hydroxyl groups is 2. The molecule has 0 aromatic carbocycles. The zero-order valence-corrected chi connectivity index (χ0v) is 34.7. The van der Waals surface area contributed by atoms with Gasteiger partial charge in [-0.1, -0.05) is 157 Å². The van der Waals surface area contributed by atoms with Gasteiger partial charge in [-0.05, 0) is 51.1 Å². The molecular formula is C43H88N2O6. The molecule has 0 saturated carbocycles. The van der Waals surface area contributed by atoms with Crippen LogP contribution < -0.4 is 0 Å². The third-order valence-electron chi connectivity index (χ3n) is 10.5. The van der Waals surface area contributed by atoms with Gasteiger partial charge >= 0.3 is 5.97 Å². The van der Waals surface area contributed by atoms with Crippen LogP contribution in [0.3, 0.4) is 0 Å². The van der Waals surface area contributed by atoms with E-state index in [1.165, 1.54) is 96.3 Å². The van der Waals surface area contributed by atoms with Crippen LogP contribution in [0.5, 0.6) is 0 Å². The van der Waals surface area contributed by atoms with Crippen LogP contribution in [0.15, 0.2) is 0 Å². The Kier molecular flexibility index (Phi) is 38.4. The third kappa shape index (κ3) is 33.5. The number of nitrogens with zero attached hydrogens (tertiary/aromatic N) is 2. The van der Waals surface area contributed by atoms with Gasteiger partial charge in [0, 0.05) is 32.6 Å².